The second kappa shape index (κ2) is 6.90. The number of hydrogen-bond acceptors (Lipinski definition) is 3. The number of carbonyl (C=O) groups is 1. The number of benzene rings is 1. The first-order chi connectivity index (χ1) is 10.1. The molecule has 1 saturated heterocycles. The molecule has 0 spiro atoms. The van der Waals surface area contributed by atoms with Gasteiger partial charge in [-0.1, -0.05) is 19.1 Å². The minimum absolute atomic E-state index is 0.0535. The third-order valence-electron chi connectivity index (χ3n) is 4.11. The van der Waals surface area contributed by atoms with Crippen LogP contribution in [0.25, 0.3) is 0 Å². The predicted molar refractivity (Wildman–Crippen MR) is 79.1 cm³/mol. The van der Waals surface area contributed by atoms with Crippen molar-refractivity contribution in [2.24, 2.45) is 5.92 Å². The zero-order valence-corrected chi connectivity index (χ0v) is 12.2. The minimum Gasteiger partial charge on any atom is -0.343 e. The van der Waals surface area contributed by atoms with Gasteiger partial charge in [-0.2, -0.15) is 10.5 Å². The number of piperidine rings is 1. The highest BCUT2D eigenvalue weighted by Gasteiger charge is 2.23. The number of likely N-dealkylation sites (tertiary alicyclic amines) is 1. The van der Waals surface area contributed by atoms with Crippen molar-refractivity contribution in [2.45, 2.75) is 32.1 Å². The largest absolute Gasteiger partial charge is 0.343 e. The molecule has 1 aromatic carbocycles. The lowest BCUT2D eigenvalue weighted by molar-refractivity contribution is -0.132. The van der Waals surface area contributed by atoms with Crippen molar-refractivity contribution in [3.8, 4) is 12.1 Å². The van der Waals surface area contributed by atoms with Crippen molar-refractivity contribution >= 4 is 5.91 Å². The molecule has 1 heterocycles. The van der Waals surface area contributed by atoms with Crippen molar-refractivity contribution in [3.63, 3.8) is 0 Å². The number of nitriles is 2. The van der Waals surface area contributed by atoms with Crippen LogP contribution >= 0.6 is 0 Å². The van der Waals surface area contributed by atoms with Crippen molar-refractivity contribution in [1.29, 1.82) is 10.5 Å². The Balaban J connectivity index is 2.00. The first-order valence-electron chi connectivity index (χ1n) is 7.31. The number of rotatable bonds is 3. The summed E-state index contributed by atoms with van der Waals surface area (Å²) in [6, 6.07) is 11.2. The van der Waals surface area contributed by atoms with E-state index in [1.54, 1.807) is 24.3 Å². The zero-order chi connectivity index (χ0) is 15.2. The molecule has 21 heavy (non-hydrogen) atoms. The number of nitrogens with zero attached hydrogens (tertiary/aromatic N) is 3. The highest BCUT2D eigenvalue weighted by Crippen LogP contribution is 2.23. The Hall–Kier alpha value is -2.33. The fourth-order valence-corrected chi connectivity index (χ4v) is 2.59. The molecule has 1 amide bonds. The lowest BCUT2D eigenvalue weighted by atomic mass is 9.94. The molecule has 0 aromatic heterocycles. The predicted octanol–water partition coefficient (Wildman–Crippen LogP) is 2.81. The number of amides is 1. The van der Waals surface area contributed by atoms with Crippen LogP contribution < -0.4 is 0 Å². The van der Waals surface area contributed by atoms with E-state index < -0.39 is 5.92 Å². The molecule has 108 valence electrons. The fraction of sp³-hybridized carbons (Fsp3) is 0.471. The molecule has 1 aliphatic rings. The van der Waals surface area contributed by atoms with E-state index in [1.807, 2.05) is 11.0 Å². The van der Waals surface area contributed by atoms with E-state index in [0.29, 0.717) is 11.5 Å². The van der Waals surface area contributed by atoms with Gasteiger partial charge in [0, 0.05) is 19.5 Å². The average Bonchev–Trinajstić information content (AvgIpc) is 2.53. The monoisotopic (exact) mass is 281 g/mol. The van der Waals surface area contributed by atoms with E-state index >= 15 is 0 Å². The van der Waals surface area contributed by atoms with Crippen molar-refractivity contribution in [2.75, 3.05) is 13.1 Å². The summed E-state index contributed by atoms with van der Waals surface area (Å²) in [5.41, 5.74) is 1.36. The SMILES string of the molecule is CC1CCN(C(=O)CC(C#N)c2ccc(C#N)cc2)CC1. The summed E-state index contributed by atoms with van der Waals surface area (Å²) in [5.74, 6) is 0.293. The van der Waals surface area contributed by atoms with Gasteiger partial charge in [0.05, 0.1) is 23.6 Å². The highest BCUT2D eigenvalue weighted by atomic mass is 16.2. The summed E-state index contributed by atoms with van der Waals surface area (Å²) >= 11 is 0. The van der Waals surface area contributed by atoms with Crippen LogP contribution in [0.4, 0.5) is 0 Å². The molecule has 0 saturated carbocycles. The van der Waals surface area contributed by atoms with Crippen LogP contribution in [-0.4, -0.2) is 23.9 Å². The quantitative estimate of drug-likeness (QED) is 0.855. The van der Waals surface area contributed by atoms with Crippen LogP contribution in [0.1, 0.15) is 43.2 Å². The Morgan fingerprint density at radius 1 is 1.29 bits per heavy atom. The Bertz CT molecular complexity index is 572. The first-order valence-corrected chi connectivity index (χ1v) is 7.31. The van der Waals surface area contributed by atoms with Gasteiger partial charge in [-0.05, 0) is 36.5 Å². The molecule has 0 N–H and O–H groups in total. The Morgan fingerprint density at radius 2 is 1.90 bits per heavy atom. The summed E-state index contributed by atoms with van der Waals surface area (Å²) in [7, 11) is 0. The van der Waals surface area contributed by atoms with Crippen LogP contribution in [0.3, 0.4) is 0 Å². The Kier molecular flexibility index (Phi) is 4.95. The van der Waals surface area contributed by atoms with E-state index in [-0.39, 0.29) is 12.3 Å². The zero-order valence-electron chi connectivity index (χ0n) is 12.2. The van der Waals surface area contributed by atoms with Crippen molar-refractivity contribution < 1.29 is 4.79 Å². The van der Waals surface area contributed by atoms with Crippen LogP contribution in [0, 0.1) is 28.6 Å². The number of carbonyl (C=O) groups excluding carboxylic acids is 1. The topological polar surface area (TPSA) is 67.9 Å². The summed E-state index contributed by atoms with van der Waals surface area (Å²) < 4.78 is 0. The molecular formula is C17H19N3O. The van der Waals surface area contributed by atoms with Gasteiger partial charge in [-0.3, -0.25) is 4.79 Å². The van der Waals surface area contributed by atoms with Gasteiger partial charge in [0.2, 0.25) is 5.91 Å². The summed E-state index contributed by atoms with van der Waals surface area (Å²) in [6.45, 7) is 3.80. The molecule has 1 unspecified atom stereocenters. The molecule has 4 nitrogen and oxygen atoms in total. The molecule has 0 aliphatic carbocycles. The maximum atomic E-state index is 12.3. The van der Waals surface area contributed by atoms with Gasteiger partial charge >= 0.3 is 0 Å². The second-order valence-electron chi connectivity index (χ2n) is 5.68. The Labute approximate surface area is 125 Å². The molecule has 1 aliphatic heterocycles. The maximum absolute atomic E-state index is 12.3. The molecule has 4 heteroatoms. The smallest absolute Gasteiger partial charge is 0.224 e. The van der Waals surface area contributed by atoms with Crippen LogP contribution in [-0.2, 0) is 4.79 Å². The third-order valence-corrected chi connectivity index (χ3v) is 4.11. The molecule has 0 radical (unpaired) electrons. The average molecular weight is 281 g/mol. The normalized spacial score (nSPS) is 16.8. The molecular weight excluding hydrogens is 262 g/mol. The lowest BCUT2D eigenvalue weighted by Gasteiger charge is -2.30. The minimum atomic E-state index is -0.440. The summed E-state index contributed by atoms with van der Waals surface area (Å²) in [5, 5.41) is 18.1. The van der Waals surface area contributed by atoms with E-state index in [2.05, 4.69) is 13.0 Å². The van der Waals surface area contributed by atoms with Gasteiger partial charge in [-0.15, -0.1) is 0 Å². The van der Waals surface area contributed by atoms with Crippen LogP contribution in [0.5, 0.6) is 0 Å². The van der Waals surface area contributed by atoms with Gasteiger partial charge in [0.1, 0.15) is 0 Å². The van der Waals surface area contributed by atoms with Gasteiger partial charge in [-0.25, -0.2) is 0 Å². The standard InChI is InChI=1S/C17H19N3O/c1-13-6-8-20(9-7-13)17(21)10-16(12-19)15-4-2-14(11-18)3-5-15/h2-5,13,16H,6-10H2,1H3. The molecule has 1 fully saturated rings. The van der Waals surface area contributed by atoms with E-state index in [4.69, 9.17) is 5.26 Å². The van der Waals surface area contributed by atoms with Gasteiger partial charge in [0.25, 0.3) is 0 Å². The molecule has 1 atom stereocenters. The second-order valence-corrected chi connectivity index (χ2v) is 5.68. The van der Waals surface area contributed by atoms with E-state index in [9.17, 15) is 10.1 Å². The number of hydrogen-bond donors (Lipinski definition) is 0. The van der Waals surface area contributed by atoms with Gasteiger partial charge < -0.3 is 4.90 Å². The Morgan fingerprint density at radius 3 is 2.43 bits per heavy atom. The lowest BCUT2D eigenvalue weighted by Crippen LogP contribution is -2.38. The van der Waals surface area contributed by atoms with E-state index in [1.165, 1.54) is 0 Å². The van der Waals surface area contributed by atoms with Crippen molar-refractivity contribution in [1.82, 2.24) is 4.90 Å². The molecule has 1 aromatic rings. The van der Waals surface area contributed by atoms with E-state index in [0.717, 1.165) is 31.5 Å². The van der Waals surface area contributed by atoms with Crippen molar-refractivity contribution in [3.05, 3.63) is 35.4 Å². The summed E-state index contributed by atoms with van der Waals surface area (Å²) in [4.78, 5) is 14.2. The first kappa shape index (κ1) is 15.1. The van der Waals surface area contributed by atoms with Crippen LogP contribution in [0.2, 0.25) is 0 Å². The fourth-order valence-electron chi connectivity index (χ4n) is 2.59. The molecule has 0 bridgehead atoms. The van der Waals surface area contributed by atoms with Crippen LogP contribution in [0.15, 0.2) is 24.3 Å². The third kappa shape index (κ3) is 3.83. The highest BCUT2D eigenvalue weighted by molar-refractivity contribution is 5.77. The maximum Gasteiger partial charge on any atom is 0.224 e. The summed E-state index contributed by atoms with van der Waals surface area (Å²) in [6.07, 6.45) is 2.30. The van der Waals surface area contributed by atoms with Gasteiger partial charge in [0.15, 0.2) is 0 Å². The molecule has 2 rings (SSSR count).